The lowest BCUT2D eigenvalue weighted by Crippen LogP contribution is -2.38. The highest BCUT2D eigenvalue weighted by molar-refractivity contribution is 5.80. The van der Waals surface area contributed by atoms with Gasteiger partial charge in [-0.3, -0.25) is 9.79 Å². The van der Waals surface area contributed by atoms with E-state index < -0.39 is 0 Å². The normalized spacial score (nSPS) is 13.4. The summed E-state index contributed by atoms with van der Waals surface area (Å²) in [6.45, 7) is 6.84. The van der Waals surface area contributed by atoms with Crippen LogP contribution in [0, 0.1) is 0 Å². The summed E-state index contributed by atoms with van der Waals surface area (Å²) in [5.41, 5.74) is 2.52. The second-order valence-corrected chi connectivity index (χ2v) is 7.30. The number of carbonyl (C=O) groups excluding carboxylic acids is 1. The maximum Gasteiger partial charge on any atom is 0.223 e. The van der Waals surface area contributed by atoms with Crippen LogP contribution in [0.25, 0.3) is 0 Å². The molecule has 162 valence electrons. The molecule has 2 N–H and O–H groups in total. The number of amides is 1. The van der Waals surface area contributed by atoms with Crippen LogP contribution in [0.1, 0.15) is 43.1 Å². The number of hydrogen-bond donors (Lipinski definition) is 2. The van der Waals surface area contributed by atoms with Crippen LogP contribution in [0.3, 0.4) is 0 Å². The average Bonchev–Trinajstić information content (AvgIpc) is 3.43. The highest BCUT2D eigenvalue weighted by Gasteiger charge is 2.22. The molecule has 1 amide bonds. The molecule has 0 bridgehead atoms. The molecule has 2 heterocycles. The Labute approximate surface area is 178 Å². The first-order chi connectivity index (χ1) is 14.8. The van der Waals surface area contributed by atoms with Gasteiger partial charge in [0.25, 0.3) is 0 Å². The van der Waals surface area contributed by atoms with Crippen LogP contribution in [0.15, 0.2) is 52.1 Å². The van der Waals surface area contributed by atoms with E-state index in [2.05, 4.69) is 27.8 Å². The number of nitrogens with zero attached hydrogens (tertiary/aromatic N) is 2. The fourth-order valence-electron chi connectivity index (χ4n) is 3.38. The van der Waals surface area contributed by atoms with E-state index in [1.807, 2.05) is 36.1 Å². The van der Waals surface area contributed by atoms with E-state index >= 15 is 0 Å². The number of benzene rings is 1. The van der Waals surface area contributed by atoms with Gasteiger partial charge in [-0.2, -0.15) is 0 Å². The van der Waals surface area contributed by atoms with Crippen molar-refractivity contribution in [3.8, 4) is 0 Å². The van der Waals surface area contributed by atoms with E-state index in [0.717, 1.165) is 50.7 Å². The lowest BCUT2D eigenvalue weighted by molar-refractivity contribution is -0.131. The lowest BCUT2D eigenvalue weighted by atomic mass is 10.1. The first-order valence-electron chi connectivity index (χ1n) is 10.7. The highest BCUT2D eigenvalue weighted by Crippen LogP contribution is 2.22. The topological polar surface area (TPSA) is 79.1 Å². The van der Waals surface area contributed by atoms with Gasteiger partial charge in [-0.1, -0.05) is 24.3 Å². The van der Waals surface area contributed by atoms with Crippen LogP contribution in [-0.2, 0) is 29.2 Å². The van der Waals surface area contributed by atoms with Gasteiger partial charge in [0.05, 0.1) is 6.26 Å². The van der Waals surface area contributed by atoms with Gasteiger partial charge >= 0.3 is 0 Å². The average molecular weight is 413 g/mol. The third kappa shape index (κ3) is 6.91. The Kier molecular flexibility index (Phi) is 8.78. The quantitative estimate of drug-likeness (QED) is 0.337. The largest absolute Gasteiger partial charge is 0.467 e. The number of rotatable bonds is 11. The summed E-state index contributed by atoms with van der Waals surface area (Å²) in [6, 6.07) is 12.0. The minimum absolute atomic E-state index is 0.202. The Balaban J connectivity index is 1.29. The van der Waals surface area contributed by atoms with Gasteiger partial charge in [-0.25, -0.2) is 0 Å². The van der Waals surface area contributed by atoms with Gasteiger partial charge in [0, 0.05) is 45.8 Å². The maximum atomic E-state index is 12.5. The Morgan fingerprint density at radius 3 is 2.63 bits per heavy atom. The molecule has 30 heavy (non-hydrogen) atoms. The van der Waals surface area contributed by atoms with Crippen molar-refractivity contribution in [3.63, 3.8) is 0 Å². The predicted molar refractivity (Wildman–Crippen MR) is 117 cm³/mol. The van der Waals surface area contributed by atoms with Gasteiger partial charge < -0.3 is 24.7 Å². The lowest BCUT2D eigenvalue weighted by Gasteiger charge is -2.15. The van der Waals surface area contributed by atoms with Crippen LogP contribution in [0.4, 0.5) is 0 Å². The number of furan rings is 1. The van der Waals surface area contributed by atoms with E-state index in [4.69, 9.17) is 9.15 Å². The van der Waals surface area contributed by atoms with Crippen molar-refractivity contribution in [1.29, 1.82) is 0 Å². The summed E-state index contributed by atoms with van der Waals surface area (Å²) in [7, 11) is 0. The molecule has 7 heteroatoms. The minimum Gasteiger partial charge on any atom is -0.467 e. The molecule has 0 atom stereocenters. The number of nitrogens with one attached hydrogen (secondary N) is 2. The van der Waals surface area contributed by atoms with E-state index in [1.165, 1.54) is 11.1 Å². The summed E-state index contributed by atoms with van der Waals surface area (Å²) in [4.78, 5) is 19.0. The molecule has 0 radical (unpaired) electrons. The molecular formula is C23H32N4O3. The molecule has 0 saturated carbocycles. The third-order valence-corrected chi connectivity index (χ3v) is 4.94. The third-order valence-electron chi connectivity index (χ3n) is 4.94. The van der Waals surface area contributed by atoms with E-state index in [0.29, 0.717) is 26.2 Å². The summed E-state index contributed by atoms with van der Waals surface area (Å²) in [5.74, 6) is 1.82. The summed E-state index contributed by atoms with van der Waals surface area (Å²) in [6.07, 6.45) is 3.79. The van der Waals surface area contributed by atoms with Gasteiger partial charge in [-0.15, -0.1) is 0 Å². The number of aliphatic imine (C=N–C) groups is 1. The summed E-state index contributed by atoms with van der Waals surface area (Å²) >= 11 is 0. The molecule has 0 saturated heterocycles. The van der Waals surface area contributed by atoms with Crippen molar-refractivity contribution in [3.05, 3.63) is 59.5 Å². The molecule has 1 aliphatic heterocycles. The standard InChI is InChI=1S/C23H32N4O3/c1-2-24-23(26-13-7-14-29-18-21-10-6-15-30-21)25-12-5-11-22(28)27-16-19-8-3-4-9-20(19)17-27/h3-4,6,8-10,15H,2,5,7,11-14,16-18H2,1H3,(H2,24,25,26). The van der Waals surface area contributed by atoms with Crippen molar-refractivity contribution >= 4 is 11.9 Å². The number of hydrogen-bond acceptors (Lipinski definition) is 4. The van der Waals surface area contributed by atoms with Crippen LogP contribution in [0.5, 0.6) is 0 Å². The van der Waals surface area contributed by atoms with Crippen LogP contribution < -0.4 is 10.6 Å². The zero-order chi connectivity index (χ0) is 21.0. The Morgan fingerprint density at radius 2 is 1.93 bits per heavy atom. The molecule has 3 rings (SSSR count). The highest BCUT2D eigenvalue weighted by atomic mass is 16.5. The van der Waals surface area contributed by atoms with E-state index in [1.54, 1.807) is 6.26 Å². The van der Waals surface area contributed by atoms with Crippen LogP contribution in [0.2, 0.25) is 0 Å². The monoisotopic (exact) mass is 412 g/mol. The smallest absolute Gasteiger partial charge is 0.223 e. The van der Waals surface area contributed by atoms with E-state index in [-0.39, 0.29) is 5.91 Å². The maximum absolute atomic E-state index is 12.5. The SMILES string of the molecule is CCNC(=NCCCC(=O)N1Cc2ccccc2C1)NCCCOCc1ccco1. The predicted octanol–water partition coefficient (Wildman–Crippen LogP) is 3.06. The second kappa shape index (κ2) is 12.0. The molecule has 2 aromatic rings. The van der Waals surface area contributed by atoms with Crippen molar-refractivity contribution in [1.82, 2.24) is 15.5 Å². The number of carbonyl (C=O) groups is 1. The van der Waals surface area contributed by atoms with Crippen molar-refractivity contribution in [2.24, 2.45) is 4.99 Å². The van der Waals surface area contributed by atoms with Crippen molar-refractivity contribution in [2.45, 2.75) is 45.9 Å². The van der Waals surface area contributed by atoms with Crippen LogP contribution in [-0.4, -0.2) is 43.0 Å². The van der Waals surface area contributed by atoms with Crippen LogP contribution >= 0.6 is 0 Å². The number of fused-ring (bicyclic) bond motifs is 1. The Morgan fingerprint density at radius 1 is 1.13 bits per heavy atom. The van der Waals surface area contributed by atoms with Gasteiger partial charge in [0.2, 0.25) is 5.91 Å². The van der Waals surface area contributed by atoms with Crippen molar-refractivity contribution < 1.29 is 13.9 Å². The Bertz CT molecular complexity index is 780. The molecule has 0 fully saturated rings. The number of guanidine groups is 1. The molecule has 0 aliphatic carbocycles. The van der Waals surface area contributed by atoms with E-state index in [9.17, 15) is 4.79 Å². The molecule has 1 aliphatic rings. The molecular weight excluding hydrogens is 380 g/mol. The second-order valence-electron chi connectivity index (χ2n) is 7.30. The Hall–Kier alpha value is -2.80. The summed E-state index contributed by atoms with van der Waals surface area (Å²) < 4.78 is 10.8. The van der Waals surface area contributed by atoms with Gasteiger partial charge in [0.1, 0.15) is 12.4 Å². The first-order valence-corrected chi connectivity index (χ1v) is 10.7. The molecule has 1 aromatic heterocycles. The number of ether oxygens (including phenoxy) is 1. The fraction of sp³-hybridized carbons (Fsp3) is 0.478. The van der Waals surface area contributed by atoms with Gasteiger partial charge in [0.15, 0.2) is 5.96 Å². The summed E-state index contributed by atoms with van der Waals surface area (Å²) in [5, 5.41) is 6.55. The van der Waals surface area contributed by atoms with Crippen molar-refractivity contribution in [2.75, 3.05) is 26.2 Å². The molecule has 7 nitrogen and oxygen atoms in total. The molecule has 1 aromatic carbocycles. The zero-order valence-corrected chi connectivity index (χ0v) is 17.7. The molecule has 0 spiro atoms. The van der Waals surface area contributed by atoms with Gasteiger partial charge in [-0.05, 0) is 43.0 Å². The zero-order valence-electron chi connectivity index (χ0n) is 17.7. The minimum atomic E-state index is 0.202. The fourth-order valence-corrected chi connectivity index (χ4v) is 3.38. The molecule has 0 unspecified atom stereocenters. The first kappa shape index (κ1) is 21.9.